The van der Waals surface area contributed by atoms with Crippen LogP contribution in [-0.2, 0) is 35.1 Å². The molecule has 0 aliphatic heterocycles. The molecule has 1 aliphatic rings. The standard InChI is InChI=1S/C16H12N2O10S3.3Na/c19-16-14(31(26,27)28)8-9-7-12(30(23,24)25)5-6-13(9)15(16)18-17-10-1-3-11(4-2-10)29(20,21)22;;;/h1-8,17H,(H,20,21,22)(H,23,24,25)(H,26,27,28);;;/q;3*+1/p-3/b18-15-;;;. The van der Waals surface area contributed by atoms with Gasteiger partial charge in [-0.2, -0.15) is 5.10 Å². The summed E-state index contributed by atoms with van der Waals surface area (Å²) in [5.74, 6) is -1.29. The molecule has 0 unspecified atom stereocenters. The quantitative estimate of drug-likeness (QED) is 0.208. The van der Waals surface area contributed by atoms with E-state index in [-0.39, 0.29) is 105 Å². The van der Waals surface area contributed by atoms with Crippen LogP contribution in [-0.4, -0.2) is 50.4 Å². The fraction of sp³-hybridized carbons (Fsp3) is 0. The maximum Gasteiger partial charge on any atom is 1.00 e. The van der Waals surface area contributed by atoms with Gasteiger partial charge in [0.1, 0.15) is 41.0 Å². The van der Waals surface area contributed by atoms with Gasteiger partial charge in [-0.3, -0.25) is 10.2 Å². The number of allylic oxidation sites excluding steroid dienone is 1. The maximum atomic E-state index is 12.5. The molecule has 18 heteroatoms. The van der Waals surface area contributed by atoms with Gasteiger partial charge in [0.25, 0.3) is 0 Å². The number of carbonyl (C=O) groups is 1. The fourth-order valence-corrected chi connectivity index (χ4v) is 4.16. The average Bonchev–Trinajstić information content (AvgIpc) is 2.64. The van der Waals surface area contributed by atoms with Crippen LogP contribution in [0.1, 0.15) is 11.1 Å². The number of hydrazone groups is 1. The molecule has 3 rings (SSSR count). The molecule has 1 N–H and O–H groups in total. The molecule has 0 aromatic heterocycles. The van der Waals surface area contributed by atoms with Gasteiger partial charge in [0.05, 0.1) is 15.5 Å². The first-order chi connectivity index (χ1) is 14.2. The van der Waals surface area contributed by atoms with Crippen molar-refractivity contribution in [3.8, 4) is 0 Å². The molecular formula is C16H9N2Na3O10S3. The smallest absolute Gasteiger partial charge is 0.744 e. The summed E-state index contributed by atoms with van der Waals surface area (Å²) in [6.07, 6.45) is 0.640. The Hall–Kier alpha value is 0.0500. The number of carbonyl (C=O) groups excluding carboxylic acids is 1. The Labute approximate surface area is 261 Å². The predicted molar refractivity (Wildman–Crippen MR) is 102 cm³/mol. The Kier molecular flexibility index (Phi) is 12.5. The number of nitrogens with one attached hydrogen (secondary N) is 1. The van der Waals surface area contributed by atoms with Crippen LogP contribution in [0.2, 0.25) is 0 Å². The van der Waals surface area contributed by atoms with E-state index in [4.69, 9.17) is 0 Å². The molecule has 0 fully saturated rings. The molecule has 0 amide bonds. The minimum atomic E-state index is -5.28. The first-order valence-electron chi connectivity index (χ1n) is 7.90. The molecule has 0 saturated heterocycles. The Balaban J connectivity index is 0.00000363. The summed E-state index contributed by atoms with van der Waals surface area (Å²) < 4.78 is 101. The number of benzene rings is 2. The topological polar surface area (TPSA) is 213 Å². The van der Waals surface area contributed by atoms with Gasteiger partial charge in [-0.15, -0.1) is 0 Å². The minimum Gasteiger partial charge on any atom is -0.744 e. The number of fused-ring (bicyclic) bond motifs is 1. The summed E-state index contributed by atoms with van der Waals surface area (Å²) in [5.41, 5.74) is 1.56. The molecule has 0 spiro atoms. The monoisotopic (exact) mass is 554 g/mol. The van der Waals surface area contributed by atoms with E-state index < -0.39 is 56.5 Å². The molecular weight excluding hydrogens is 545 g/mol. The van der Waals surface area contributed by atoms with Crippen molar-refractivity contribution in [1.29, 1.82) is 0 Å². The summed E-state index contributed by atoms with van der Waals surface area (Å²) in [6.45, 7) is 0. The largest absolute Gasteiger partial charge is 1.00 e. The van der Waals surface area contributed by atoms with Crippen molar-refractivity contribution in [2.75, 3.05) is 5.43 Å². The van der Waals surface area contributed by atoms with E-state index in [1.165, 1.54) is 0 Å². The Morgan fingerprint density at radius 2 is 1.21 bits per heavy atom. The minimum absolute atomic E-state index is 0. The SMILES string of the molecule is O=C1C(S(=O)(=O)[O-])=Cc2cc(S(=O)(=O)[O-])ccc2/C1=N/Nc1ccc(S(=O)(=O)[O-])cc1.[Na+].[Na+].[Na+]. The third-order valence-corrected chi connectivity index (χ3v) is 6.52. The van der Waals surface area contributed by atoms with Crippen LogP contribution in [0, 0.1) is 0 Å². The van der Waals surface area contributed by atoms with Crippen LogP contribution >= 0.6 is 0 Å². The van der Waals surface area contributed by atoms with Crippen molar-refractivity contribution in [2.24, 2.45) is 5.10 Å². The maximum absolute atomic E-state index is 12.5. The Bertz CT molecular complexity index is 1490. The normalized spacial score (nSPS) is 14.6. The molecule has 0 atom stereocenters. The summed E-state index contributed by atoms with van der Waals surface area (Å²) in [4.78, 5) is 10.0. The second-order valence-corrected chi connectivity index (χ2v) is 10.2. The summed E-state index contributed by atoms with van der Waals surface area (Å²) in [5, 5.41) is 3.74. The molecule has 2 aromatic carbocycles. The number of hydrogen-bond acceptors (Lipinski definition) is 12. The van der Waals surface area contributed by atoms with Gasteiger partial charge in [0.15, 0.2) is 0 Å². The predicted octanol–water partition coefficient (Wildman–Crippen LogP) is -9.21. The van der Waals surface area contributed by atoms with Crippen LogP contribution < -0.4 is 94.1 Å². The third kappa shape index (κ3) is 8.03. The van der Waals surface area contributed by atoms with Crippen molar-refractivity contribution < 1.29 is 132 Å². The number of ketones is 1. The summed E-state index contributed by atoms with van der Waals surface area (Å²) >= 11 is 0. The molecule has 34 heavy (non-hydrogen) atoms. The molecule has 2 aromatic rings. The third-order valence-electron chi connectivity index (χ3n) is 4.00. The zero-order valence-corrected chi connectivity index (χ0v) is 26.3. The van der Waals surface area contributed by atoms with E-state index in [1.807, 2.05) is 0 Å². The molecule has 0 heterocycles. The van der Waals surface area contributed by atoms with E-state index >= 15 is 0 Å². The van der Waals surface area contributed by atoms with Gasteiger partial charge in [0.2, 0.25) is 5.78 Å². The van der Waals surface area contributed by atoms with Gasteiger partial charge in [-0.25, -0.2) is 25.3 Å². The van der Waals surface area contributed by atoms with Gasteiger partial charge in [-0.05, 0) is 48.0 Å². The number of nitrogens with zero attached hydrogens (tertiary/aromatic N) is 1. The second-order valence-electron chi connectivity index (χ2n) is 6.05. The van der Waals surface area contributed by atoms with Crippen molar-refractivity contribution >= 4 is 53.6 Å². The zero-order valence-electron chi connectivity index (χ0n) is 17.9. The van der Waals surface area contributed by atoms with Crippen molar-refractivity contribution in [3.63, 3.8) is 0 Å². The summed E-state index contributed by atoms with van der Waals surface area (Å²) in [6, 6.07) is 6.90. The second kappa shape index (κ2) is 12.5. The Morgan fingerprint density at radius 1 is 0.706 bits per heavy atom. The van der Waals surface area contributed by atoms with Crippen molar-refractivity contribution in [2.45, 2.75) is 9.79 Å². The van der Waals surface area contributed by atoms with E-state index in [1.54, 1.807) is 0 Å². The molecule has 0 bridgehead atoms. The molecule has 1 aliphatic carbocycles. The van der Waals surface area contributed by atoms with Crippen LogP contribution in [0.4, 0.5) is 5.69 Å². The van der Waals surface area contributed by atoms with Gasteiger partial charge >= 0.3 is 88.7 Å². The van der Waals surface area contributed by atoms with Crippen molar-refractivity contribution in [1.82, 2.24) is 0 Å². The van der Waals surface area contributed by atoms with Gasteiger partial charge < -0.3 is 13.7 Å². The molecule has 0 saturated carbocycles. The van der Waals surface area contributed by atoms with Crippen molar-refractivity contribution in [3.05, 3.63) is 58.5 Å². The number of rotatable bonds is 5. The fourth-order valence-electron chi connectivity index (χ4n) is 2.59. The van der Waals surface area contributed by atoms with Crippen LogP contribution in [0.25, 0.3) is 6.08 Å². The van der Waals surface area contributed by atoms with Crippen LogP contribution in [0.3, 0.4) is 0 Å². The van der Waals surface area contributed by atoms with Gasteiger partial charge in [-0.1, -0.05) is 6.07 Å². The molecule has 12 nitrogen and oxygen atoms in total. The van der Waals surface area contributed by atoms with E-state index in [2.05, 4.69) is 10.5 Å². The zero-order chi connectivity index (χ0) is 23.2. The van der Waals surface area contributed by atoms with E-state index in [9.17, 15) is 43.7 Å². The van der Waals surface area contributed by atoms with E-state index in [0.29, 0.717) is 6.08 Å². The van der Waals surface area contributed by atoms with E-state index in [0.717, 1.165) is 42.5 Å². The Morgan fingerprint density at radius 3 is 1.68 bits per heavy atom. The first kappa shape index (κ1) is 34.0. The molecule has 0 radical (unpaired) electrons. The number of anilines is 1. The number of hydrogen-bond donors (Lipinski definition) is 1. The number of Topliss-reactive ketones (excluding diaryl/α,β-unsaturated/α-hetero) is 1. The van der Waals surface area contributed by atoms with Crippen LogP contribution in [0.5, 0.6) is 0 Å². The molecule has 164 valence electrons. The van der Waals surface area contributed by atoms with Gasteiger partial charge in [0, 0.05) is 5.56 Å². The summed E-state index contributed by atoms with van der Waals surface area (Å²) in [7, 11) is -14.9. The van der Waals surface area contributed by atoms with Crippen LogP contribution in [0.15, 0.2) is 62.3 Å². The average molecular weight is 554 g/mol. The first-order valence-corrected chi connectivity index (χ1v) is 12.1.